The van der Waals surface area contributed by atoms with Crippen LogP contribution in [-0.4, -0.2) is 15.0 Å². The highest BCUT2D eigenvalue weighted by Gasteiger charge is 2.51. The second kappa shape index (κ2) is 31.2. The first-order valence-electron chi connectivity index (χ1n) is 48.4. The predicted molar refractivity (Wildman–Crippen MR) is 552 cm³/mol. The first-order chi connectivity index (χ1) is 64.5. The molecule has 1 fully saturated rings. The van der Waals surface area contributed by atoms with Crippen LogP contribution in [0, 0.1) is 73.1 Å². The van der Waals surface area contributed by atoms with Crippen LogP contribution in [0.2, 0.25) is 0 Å². The van der Waals surface area contributed by atoms with E-state index in [0.717, 1.165) is 124 Å². The van der Waals surface area contributed by atoms with Gasteiger partial charge in [-0.05, 0) is 213 Å². The highest BCUT2D eigenvalue weighted by atomic mass is 16.4. The Kier molecular flexibility index (Phi) is 20.0. The Morgan fingerprint density at radius 2 is 0.696 bits per heavy atom. The number of furan rings is 4. The van der Waals surface area contributed by atoms with E-state index in [1.165, 1.54) is 187 Å². The van der Waals surface area contributed by atoms with Crippen molar-refractivity contribution in [1.82, 2.24) is 15.0 Å². The molecule has 0 amide bonds. The molecular formula is C124H121N7O4+4. The summed E-state index contributed by atoms with van der Waals surface area (Å²) < 4.78 is 35.5. The van der Waals surface area contributed by atoms with Crippen LogP contribution in [0.3, 0.4) is 0 Å². The molecule has 20 aromatic rings. The number of pyridine rings is 7. The van der Waals surface area contributed by atoms with Gasteiger partial charge in [-0.15, -0.1) is 0 Å². The molecule has 11 heteroatoms. The standard InChI is InChI=1S/C36H41N2O.C30H27N2O.C30H28NO.C28H25N2O/c1-22-14-17-29(38(9)19-22)30-23(2)15-16-25-27-18-26-24-12-10-11-13-28(24)36(20-34(3,4)5,21-35(6,7)8)32(26)37-33(27)39-31(25)30;1-18-10-13-25(32(3)17-18)26-19(2)11-12-21-23-16-22-20-8-4-5-9-24(20)30(14-6-7-15-30)28(22)31-29(23)33-27(21)26;1-17-11-12-20-21-13-14-24-27(22-9-7-8-10-23(22)30(24,4)5)29(21)32-28(20)26(17)25-15-18(2)19(3)16-31(25)6;1-16-10-13-22(30(5)15-16)23-17(2)11-12-19-24-25-20(14-29-27(24)31-26(19)23)18-8-6-7-9-21(18)28(25,3)4/h10-19H,20-21H2,1-9H3;4-5,8-13,16-17H,6-7,14-15H2,1-3H3;7-16H,1-6H3;6-15H,1-5H3/q4*+1. The summed E-state index contributed by atoms with van der Waals surface area (Å²) in [5.74, 6) is 0. The van der Waals surface area contributed by atoms with Crippen molar-refractivity contribution in [3.05, 3.63) is 338 Å². The van der Waals surface area contributed by atoms with Gasteiger partial charge in [0.1, 0.15) is 39.4 Å². The average molecular weight is 1770 g/mol. The highest BCUT2D eigenvalue weighted by molar-refractivity contribution is 6.17. The normalized spacial score (nSPS) is 14.8. The number of benzene rings is 9. The molecular weight excluding hydrogens is 1650 g/mol. The van der Waals surface area contributed by atoms with Crippen LogP contribution >= 0.6 is 0 Å². The van der Waals surface area contributed by atoms with E-state index in [4.69, 9.17) is 32.6 Å². The third-order valence-electron chi connectivity index (χ3n) is 30.7. The molecule has 11 heterocycles. The van der Waals surface area contributed by atoms with E-state index in [2.05, 4.69) is 415 Å². The van der Waals surface area contributed by atoms with Crippen LogP contribution in [0.15, 0.2) is 261 Å². The van der Waals surface area contributed by atoms with Gasteiger partial charge in [-0.1, -0.05) is 240 Å². The zero-order valence-corrected chi connectivity index (χ0v) is 82.6. The topological polar surface area (TPSA) is 107 Å². The van der Waals surface area contributed by atoms with Crippen LogP contribution in [0.25, 0.3) is 178 Å². The van der Waals surface area contributed by atoms with Gasteiger partial charge < -0.3 is 17.7 Å². The Labute approximate surface area is 792 Å². The van der Waals surface area contributed by atoms with Crippen molar-refractivity contribution < 1.29 is 35.9 Å². The number of rotatable bonds is 6. The van der Waals surface area contributed by atoms with Gasteiger partial charge in [0.25, 0.3) is 0 Å². The molecule has 9 aromatic carbocycles. The smallest absolute Gasteiger partial charge is 0.227 e. The van der Waals surface area contributed by atoms with E-state index in [9.17, 15) is 0 Å². The molecule has 5 aliphatic rings. The summed E-state index contributed by atoms with van der Waals surface area (Å²) in [6, 6.07) is 77.8. The van der Waals surface area contributed by atoms with Crippen molar-refractivity contribution in [3.63, 3.8) is 0 Å². The lowest BCUT2D eigenvalue weighted by Crippen LogP contribution is -2.35. The van der Waals surface area contributed by atoms with Crippen LogP contribution in [0.1, 0.15) is 203 Å². The van der Waals surface area contributed by atoms with Crippen LogP contribution < -0.4 is 18.3 Å². The summed E-state index contributed by atoms with van der Waals surface area (Å²) in [6.07, 6.45) is 17.7. The number of aryl methyl sites for hydroxylation is 13. The largest absolute Gasteiger partial charge is 0.454 e. The van der Waals surface area contributed by atoms with Gasteiger partial charge >= 0.3 is 0 Å². The van der Waals surface area contributed by atoms with Crippen molar-refractivity contribution in [2.75, 3.05) is 0 Å². The summed E-state index contributed by atoms with van der Waals surface area (Å²) in [6.45, 7) is 42.8. The Morgan fingerprint density at radius 1 is 0.311 bits per heavy atom. The molecule has 25 rings (SSSR count). The minimum Gasteiger partial charge on any atom is -0.454 e. The van der Waals surface area contributed by atoms with Gasteiger partial charge in [0.2, 0.25) is 39.9 Å². The molecule has 11 aromatic heterocycles. The van der Waals surface area contributed by atoms with Crippen molar-refractivity contribution in [2.45, 2.75) is 192 Å². The summed E-state index contributed by atoms with van der Waals surface area (Å²) in [5, 5.41) is 9.14. The first-order valence-corrected chi connectivity index (χ1v) is 48.4. The molecule has 11 nitrogen and oxygen atoms in total. The Morgan fingerprint density at radius 3 is 1.20 bits per heavy atom. The zero-order chi connectivity index (χ0) is 94.1. The Bertz CT molecular complexity index is 8430. The number of hydrogen-bond acceptors (Lipinski definition) is 7. The minimum absolute atomic E-state index is 0.0294. The fourth-order valence-corrected chi connectivity index (χ4v) is 24.9. The summed E-state index contributed by atoms with van der Waals surface area (Å²) in [4.78, 5) is 15.5. The molecule has 0 unspecified atom stereocenters. The van der Waals surface area contributed by atoms with Gasteiger partial charge in [0.15, 0.2) is 41.5 Å². The van der Waals surface area contributed by atoms with E-state index in [0.29, 0.717) is 0 Å². The SMILES string of the molecule is Cc1cc(-c2c(C)ccc3c2oc2c4c(ccc23)C(C)(C)c2ccccc2-4)[n+](C)cc1C.Cc1ccc(-c2c(C)ccc3c2oc2nc4c(cc23)-c2ccccc2C4(CC(C)(C)C)CC(C)(C)C)[n+](C)c1.Cc1ccc(-c2c(C)ccc3c2oc2nc4c(cc23)-c2ccccc2C42CCCC2)[n+](C)c1.Cc1ccc(-c2c(C)ccc3c2oc2ncc4c(c23)C(C)(C)c2ccccc2-4)[n+](C)c1. The number of nitrogens with zero attached hydrogens (tertiary/aromatic N) is 7. The van der Waals surface area contributed by atoms with Crippen molar-refractivity contribution in [1.29, 1.82) is 0 Å². The maximum atomic E-state index is 6.82. The quantitative estimate of drug-likeness (QED) is 0.153. The molecule has 0 saturated heterocycles. The molecule has 0 N–H and O–H groups in total. The van der Waals surface area contributed by atoms with E-state index < -0.39 is 0 Å². The highest BCUT2D eigenvalue weighted by Crippen LogP contribution is 2.62. The average Bonchev–Trinajstić information content (AvgIpc) is 1.55. The van der Waals surface area contributed by atoms with E-state index in [1.54, 1.807) is 0 Å². The molecule has 672 valence electrons. The molecule has 0 atom stereocenters. The second-order valence-corrected chi connectivity index (χ2v) is 43.5. The molecule has 1 saturated carbocycles. The fraction of sp³-hybridized carbons (Fsp3) is 0.282. The third kappa shape index (κ3) is 13.5. The maximum absolute atomic E-state index is 6.82. The van der Waals surface area contributed by atoms with Crippen molar-refractivity contribution >= 4 is 88.1 Å². The van der Waals surface area contributed by atoms with E-state index in [-0.39, 0.29) is 32.5 Å². The fourth-order valence-electron chi connectivity index (χ4n) is 24.9. The molecule has 0 radical (unpaired) electrons. The molecule has 135 heavy (non-hydrogen) atoms. The van der Waals surface area contributed by atoms with Gasteiger partial charge in [-0.2, -0.15) is 0 Å². The lowest BCUT2D eigenvalue weighted by Gasteiger charge is -2.41. The summed E-state index contributed by atoms with van der Waals surface area (Å²) in [5.41, 5.74) is 48.4. The van der Waals surface area contributed by atoms with Crippen molar-refractivity contribution in [3.8, 4) is 89.5 Å². The van der Waals surface area contributed by atoms with Crippen LogP contribution in [-0.2, 0) is 49.9 Å². The number of fused-ring (bicyclic) bond motifs is 28. The van der Waals surface area contributed by atoms with Crippen LogP contribution in [0.4, 0.5) is 0 Å². The van der Waals surface area contributed by atoms with Gasteiger partial charge in [0, 0.05) is 134 Å². The van der Waals surface area contributed by atoms with Gasteiger partial charge in [0.05, 0.1) is 39.0 Å². The monoisotopic (exact) mass is 1770 g/mol. The molecule has 5 aliphatic carbocycles. The molecule has 0 aliphatic heterocycles. The summed E-state index contributed by atoms with van der Waals surface area (Å²) in [7, 11) is 8.44. The second-order valence-electron chi connectivity index (χ2n) is 43.5. The van der Waals surface area contributed by atoms with Crippen LogP contribution in [0.5, 0.6) is 0 Å². The van der Waals surface area contributed by atoms with Gasteiger partial charge in [-0.25, -0.2) is 33.2 Å². The Balaban J connectivity index is 0.000000105. The Hall–Kier alpha value is -13.8. The first kappa shape index (κ1) is 86.6. The number of hydrogen-bond donors (Lipinski definition) is 0. The summed E-state index contributed by atoms with van der Waals surface area (Å²) >= 11 is 0. The molecule has 0 bridgehead atoms. The van der Waals surface area contributed by atoms with E-state index >= 15 is 0 Å². The predicted octanol–water partition coefficient (Wildman–Crippen LogP) is 29.9. The lowest BCUT2D eigenvalue weighted by molar-refractivity contribution is -0.660. The lowest BCUT2D eigenvalue weighted by atomic mass is 9.63. The minimum atomic E-state index is -0.169. The molecule has 1 spiro atoms. The third-order valence-corrected chi connectivity index (χ3v) is 30.7. The maximum Gasteiger partial charge on any atom is 0.227 e. The van der Waals surface area contributed by atoms with E-state index in [1.807, 2.05) is 6.20 Å². The van der Waals surface area contributed by atoms with Crippen molar-refractivity contribution in [2.24, 2.45) is 39.0 Å². The number of aromatic nitrogens is 7. The van der Waals surface area contributed by atoms with Gasteiger partial charge in [-0.3, -0.25) is 0 Å². The zero-order valence-electron chi connectivity index (χ0n) is 82.6.